The smallest absolute Gasteiger partial charge is 0.257 e. The second-order valence-corrected chi connectivity index (χ2v) is 5.16. The Hall–Kier alpha value is -2.00. The number of nitrogens with one attached hydrogen (secondary N) is 2. The number of carbonyl (C=O) groups is 1. The molecule has 0 bridgehead atoms. The Bertz CT molecular complexity index is 640. The highest BCUT2D eigenvalue weighted by molar-refractivity contribution is 6.31. The number of hydrogen-bond donors (Lipinski definition) is 2. The van der Waals surface area contributed by atoms with Gasteiger partial charge in [0.15, 0.2) is 0 Å². The maximum absolute atomic E-state index is 12.5. The summed E-state index contributed by atoms with van der Waals surface area (Å²) >= 11 is 6.00. The molecule has 0 aliphatic heterocycles. The second-order valence-electron chi connectivity index (χ2n) is 4.73. The topological polar surface area (TPSA) is 41.1 Å². The summed E-state index contributed by atoms with van der Waals surface area (Å²) in [7, 11) is 0. The number of amides is 1. The molecule has 3 nitrogen and oxygen atoms in total. The van der Waals surface area contributed by atoms with E-state index < -0.39 is 0 Å². The summed E-state index contributed by atoms with van der Waals surface area (Å²) in [5.74, 6) is -0.165. The first-order chi connectivity index (χ1) is 10.1. The van der Waals surface area contributed by atoms with Gasteiger partial charge < -0.3 is 10.6 Å². The first kappa shape index (κ1) is 15.4. The monoisotopic (exact) mass is 302 g/mol. The fourth-order valence-corrected chi connectivity index (χ4v) is 2.29. The molecule has 0 aliphatic rings. The molecule has 21 heavy (non-hydrogen) atoms. The third kappa shape index (κ3) is 3.99. The van der Waals surface area contributed by atoms with Crippen LogP contribution in [0.3, 0.4) is 0 Å². The van der Waals surface area contributed by atoms with E-state index in [2.05, 4.69) is 17.6 Å². The number of benzene rings is 2. The maximum Gasteiger partial charge on any atom is 0.257 e. The van der Waals surface area contributed by atoms with Gasteiger partial charge in [-0.05, 0) is 49.2 Å². The minimum absolute atomic E-state index is 0.165. The Labute approximate surface area is 130 Å². The molecule has 0 saturated heterocycles. The molecular weight excluding hydrogens is 284 g/mol. The number of aryl methyl sites for hydroxylation is 1. The summed E-state index contributed by atoms with van der Waals surface area (Å²) in [5.41, 5.74) is 3.31. The van der Waals surface area contributed by atoms with Crippen LogP contribution in [0.4, 0.5) is 11.4 Å². The van der Waals surface area contributed by atoms with E-state index in [9.17, 15) is 4.79 Å². The molecule has 110 valence electrons. The van der Waals surface area contributed by atoms with Crippen molar-refractivity contribution in [3.8, 4) is 0 Å². The number of rotatable bonds is 5. The Morgan fingerprint density at radius 3 is 2.67 bits per heavy atom. The van der Waals surface area contributed by atoms with Gasteiger partial charge in [0.1, 0.15) is 0 Å². The van der Waals surface area contributed by atoms with Gasteiger partial charge in [0.25, 0.3) is 5.91 Å². The number of anilines is 2. The van der Waals surface area contributed by atoms with Crippen LogP contribution in [0.5, 0.6) is 0 Å². The van der Waals surface area contributed by atoms with Crippen LogP contribution in [-0.2, 0) is 6.42 Å². The quantitative estimate of drug-likeness (QED) is 0.848. The zero-order valence-corrected chi connectivity index (χ0v) is 13.0. The van der Waals surface area contributed by atoms with Gasteiger partial charge in [-0.2, -0.15) is 0 Å². The summed E-state index contributed by atoms with van der Waals surface area (Å²) in [5, 5.41) is 6.64. The highest BCUT2D eigenvalue weighted by atomic mass is 35.5. The molecule has 0 spiro atoms. The summed E-state index contributed by atoms with van der Waals surface area (Å²) in [6, 6.07) is 13.1. The third-order valence-electron chi connectivity index (χ3n) is 3.19. The van der Waals surface area contributed by atoms with Crippen molar-refractivity contribution < 1.29 is 4.79 Å². The second kappa shape index (κ2) is 7.14. The van der Waals surface area contributed by atoms with Gasteiger partial charge >= 0.3 is 0 Å². The number of carbonyl (C=O) groups excluding carboxylic acids is 1. The van der Waals surface area contributed by atoms with E-state index in [4.69, 9.17) is 11.6 Å². The number of hydrogen-bond acceptors (Lipinski definition) is 2. The van der Waals surface area contributed by atoms with Crippen molar-refractivity contribution in [1.82, 2.24) is 0 Å². The van der Waals surface area contributed by atoms with Gasteiger partial charge in [0, 0.05) is 22.9 Å². The van der Waals surface area contributed by atoms with Crippen LogP contribution < -0.4 is 10.6 Å². The average Bonchev–Trinajstić information content (AvgIpc) is 2.49. The molecular formula is C17H19ClN2O. The van der Waals surface area contributed by atoms with Gasteiger partial charge in [-0.25, -0.2) is 0 Å². The van der Waals surface area contributed by atoms with Crippen molar-refractivity contribution in [3.05, 3.63) is 58.6 Å². The van der Waals surface area contributed by atoms with E-state index in [1.807, 2.05) is 37.3 Å². The van der Waals surface area contributed by atoms with Crippen molar-refractivity contribution in [2.75, 3.05) is 17.2 Å². The summed E-state index contributed by atoms with van der Waals surface area (Å²) in [6.07, 6.45) is 0.934. The predicted molar refractivity (Wildman–Crippen MR) is 89.4 cm³/mol. The number of halogens is 1. The molecule has 0 atom stereocenters. The van der Waals surface area contributed by atoms with E-state index in [0.29, 0.717) is 10.6 Å². The van der Waals surface area contributed by atoms with E-state index in [1.54, 1.807) is 12.1 Å². The van der Waals surface area contributed by atoms with Crippen LogP contribution in [0.25, 0.3) is 0 Å². The molecule has 0 unspecified atom stereocenters. The van der Waals surface area contributed by atoms with Crippen molar-refractivity contribution >= 4 is 28.9 Å². The van der Waals surface area contributed by atoms with Gasteiger partial charge in [0.2, 0.25) is 0 Å². The molecule has 0 saturated carbocycles. The van der Waals surface area contributed by atoms with Crippen LogP contribution in [0.15, 0.2) is 42.5 Å². The van der Waals surface area contributed by atoms with Crippen LogP contribution >= 0.6 is 11.6 Å². The van der Waals surface area contributed by atoms with Crippen LogP contribution in [0.2, 0.25) is 5.02 Å². The van der Waals surface area contributed by atoms with Gasteiger partial charge in [-0.1, -0.05) is 30.7 Å². The van der Waals surface area contributed by atoms with Crippen LogP contribution in [-0.4, -0.2) is 12.5 Å². The summed E-state index contributed by atoms with van der Waals surface area (Å²) in [6.45, 7) is 4.81. The molecule has 0 radical (unpaired) electrons. The molecule has 2 aromatic carbocycles. The first-order valence-electron chi connectivity index (χ1n) is 7.07. The Balaban J connectivity index is 2.25. The van der Waals surface area contributed by atoms with Gasteiger partial charge in [-0.3, -0.25) is 4.79 Å². The van der Waals surface area contributed by atoms with Crippen LogP contribution in [0, 0.1) is 0 Å². The maximum atomic E-state index is 12.5. The lowest BCUT2D eigenvalue weighted by Gasteiger charge is -2.12. The van der Waals surface area contributed by atoms with E-state index >= 15 is 0 Å². The lowest BCUT2D eigenvalue weighted by Crippen LogP contribution is -2.15. The zero-order valence-electron chi connectivity index (χ0n) is 12.2. The van der Waals surface area contributed by atoms with Crippen molar-refractivity contribution in [2.45, 2.75) is 20.3 Å². The lowest BCUT2D eigenvalue weighted by atomic mass is 10.1. The van der Waals surface area contributed by atoms with Gasteiger partial charge in [0.05, 0.1) is 5.56 Å². The van der Waals surface area contributed by atoms with Crippen LogP contribution in [0.1, 0.15) is 29.8 Å². The molecule has 2 aromatic rings. The minimum atomic E-state index is -0.165. The molecule has 0 heterocycles. The normalized spacial score (nSPS) is 10.2. The molecule has 0 fully saturated rings. The SMILES string of the molecule is CCNc1ccc(Cl)cc1C(=O)Nc1cccc(CC)c1. The first-order valence-corrected chi connectivity index (χ1v) is 7.45. The fourth-order valence-electron chi connectivity index (χ4n) is 2.12. The minimum Gasteiger partial charge on any atom is -0.385 e. The Morgan fingerprint density at radius 2 is 1.95 bits per heavy atom. The van der Waals surface area contributed by atoms with E-state index in [0.717, 1.165) is 24.3 Å². The van der Waals surface area contributed by atoms with E-state index in [-0.39, 0.29) is 5.91 Å². The molecule has 2 rings (SSSR count). The lowest BCUT2D eigenvalue weighted by molar-refractivity contribution is 0.102. The fraction of sp³-hybridized carbons (Fsp3) is 0.235. The molecule has 1 amide bonds. The van der Waals surface area contributed by atoms with Gasteiger partial charge in [-0.15, -0.1) is 0 Å². The zero-order chi connectivity index (χ0) is 15.2. The van der Waals surface area contributed by atoms with Crippen molar-refractivity contribution in [2.24, 2.45) is 0 Å². The van der Waals surface area contributed by atoms with Crippen molar-refractivity contribution in [1.29, 1.82) is 0 Å². The van der Waals surface area contributed by atoms with Crippen molar-refractivity contribution in [3.63, 3.8) is 0 Å². The average molecular weight is 303 g/mol. The Morgan fingerprint density at radius 1 is 1.14 bits per heavy atom. The Kier molecular flexibility index (Phi) is 5.23. The highest BCUT2D eigenvalue weighted by Gasteiger charge is 2.12. The summed E-state index contributed by atoms with van der Waals surface area (Å²) in [4.78, 5) is 12.5. The molecule has 0 aromatic heterocycles. The standard InChI is InChI=1S/C17H19ClN2O/c1-3-12-6-5-7-14(10-12)20-17(21)15-11-13(18)8-9-16(15)19-4-2/h5-11,19H,3-4H2,1-2H3,(H,20,21). The molecule has 0 aliphatic carbocycles. The third-order valence-corrected chi connectivity index (χ3v) is 3.42. The molecule has 2 N–H and O–H groups in total. The summed E-state index contributed by atoms with van der Waals surface area (Å²) < 4.78 is 0. The molecule has 4 heteroatoms. The highest BCUT2D eigenvalue weighted by Crippen LogP contribution is 2.22. The largest absolute Gasteiger partial charge is 0.385 e. The van der Waals surface area contributed by atoms with E-state index in [1.165, 1.54) is 5.56 Å². The predicted octanol–water partition coefficient (Wildman–Crippen LogP) is 4.59.